The summed E-state index contributed by atoms with van der Waals surface area (Å²) >= 11 is 0. The molecule has 9 heteroatoms. The molecule has 8 nitrogen and oxygen atoms in total. The fourth-order valence-electron chi connectivity index (χ4n) is 2.82. The third-order valence-corrected chi connectivity index (χ3v) is 6.63. The van der Waals surface area contributed by atoms with Gasteiger partial charge in [0.25, 0.3) is 0 Å². The molecule has 0 spiro atoms. The van der Waals surface area contributed by atoms with Crippen LogP contribution in [0.3, 0.4) is 0 Å². The Morgan fingerprint density at radius 3 is 2.32 bits per heavy atom. The van der Waals surface area contributed by atoms with Crippen LogP contribution in [0.25, 0.3) is 33.5 Å². The second-order valence-corrected chi connectivity index (χ2v) is 9.11. The van der Waals surface area contributed by atoms with Crippen molar-refractivity contribution < 1.29 is 12.7 Å². The molecule has 3 N–H and O–H groups in total. The number of nitrogens with one attached hydrogen (secondary N) is 1. The normalized spacial score (nSPS) is 12.0. The van der Waals surface area contributed by atoms with Gasteiger partial charge in [0.15, 0.2) is 15.5 Å². The summed E-state index contributed by atoms with van der Waals surface area (Å²) in [6, 6.07) is 6.68. The number of benzene rings is 1. The van der Waals surface area contributed by atoms with Gasteiger partial charge in [0.1, 0.15) is 5.52 Å². The molecule has 0 fully saturated rings. The molecule has 1 aromatic carbocycles. The number of aromatic nitrogens is 5. The van der Waals surface area contributed by atoms with Crippen LogP contribution in [0.1, 0.15) is 18.1 Å². The Morgan fingerprint density at radius 1 is 1.00 bits per heavy atom. The predicted octanol–water partition coefficient (Wildman–Crippen LogP) is 3.58. The molecule has 0 unspecified atom stereocenters. The van der Waals surface area contributed by atoms with E-state index in [4.69, 9.17) is 10.7 Å². The van der Waals surface area contributed by atoms with Crippen molar-refractivity contribution in [2.75, 3.05) is 5.73 Å². The molecule has 4 rings (SSSR count). The molecule has 0 aliphatic rings. The number of nitrogen functional groups attached to an aromatic ring is 1. The van der Waals surface area contributed by atoms with Crippen molar-refractivity contribution in [2.24, 2.45) is 0 Å². The van der Waals surface area contributed by atoms with Crippen molar-refractivity contribution in [3.8, 4) is 22.4 Å². The summed E-state index contributed by atoms with van der Waals surface area (Å²) in [6.45, 7) is 3.33. The van der Waals surface area contributed by atoms with Crippen molar-refractivity contribution in [2.45, 2.75) is 24.0 Å². The molecular formula is C19H24N6O2S. The summed E-state index contributed by atoms with van der Waals surface area (Å²) in [5.74, 6) is 0.201. The molecule has 0 saturated carbocycles. The molecule has 0 radical (unpaired) electrons. The largest absolute Gasteiger partial charge is 0.368 e. The third kappa shape index (κ3) is 3.09. The van der Waals surface area contributed by atoms with E-state index in [-0.39, 0.29) is 10.2 Å². The maximum absolute atomic E-state index is 12.3. The fraction of sp³-hybridized carbons (Fsp3) is 0.158. The smallest absolute Gasteiger partial charge is 0.219 e. The van der Waals surface area contributed by atoms with Crippen LogP contribution >= 0.6 is 0 Å². The van der Waals surface area contributed by atoms with E-state index in [1.807, 2.05) is 0 Å². The molecule has 0 saturated heterocycles. The topological polar surface area (TPSA) is 128 Å². The molecule has 0 atom stereocenters. The maximum atomic E-state index is 12.3. The van der Waals surface area contributed by atoms with Crippen LogP contribution in [0.5, 0.6) is 0 Å². The van der Waals surface area contributed by atoms with Gasteiger partial charge in [0, 0.05) is 39.6 Å². The molecule has 148 valence electrons. The van der Waals surface area contributed by atoms with E-state index in [0.29, 0.717) is 21.8 Å². The number of sulfone groups is 1. The first kappa shape index (κ1) is 18.1. The Bertz CT molecular complexity index is 1260. The molecule has 0 aliphatic heterocycles. The van der Waals surface area contributed by atoms with Crippen molar-refractivity contribution in [3.05, 3.63) is 49.1 Å². The van der Waals surface area contributed by atoms with Crippen LogP contribution in [-0.2, 0) is 9.84 Å². The highest BCUT2D eigenvalue weighted by Crippen LogP contribution is 2.28. The van der Waals surface area contributed by atoms with Gasteiger partial charge in [0.2, 0.25) is 5.95 Å². The summed E-state index contributed by atoms with van der Waals surface area (Å²) in [5.41, 5.74) is 9.85. The minimum Gasteiger partial charge on any atom is -0.368 e. The number of aromatic amines is 1. The van der Waals surface area contributed by atoms with Crippen LogP contribution in [0, 0.1) is 0 Å². The lowest BCUT2D eigenvalue weighted by Gasteiger charge is -2.08. The number of H-pyrrole nitrogens is 1. The SMILES string of the molecule is CC(C)S(=O)(=O)c1ccc(-c2cnc3[nH]cc(-c4cnc(N)nc4)c3n2)cc1.[HH].[HH].[HH]. The monoisotopic (exact) mass is 400 g/mol. The average Bonchev–Trinajstić information content (AvgIpc) is 3.12. The number of hydrogen-bond acceptors (Lipinski definition) is 7. The van der Waals surface area contributed by atoms with E-state index in [0.717, 1.165) is 16.7 Å². The van der Waals surface area contributed by atoms with Crippen molar-refractivity contribution in [1.82, 2.24) is 24.9 Å². The molecule has 0 amide bonds. The summed E-state index contributed by atoms with van der Waals surface area (Å²) in [5, 5.41) is -0.473. The molecule has 0 aliphatic carbocycles. The lowest BCUT2D eigenvalue weighted by atomic mass is 10.1. The number of nitrogens with two attached hydrogens (primary N) is 1. The van der Waals surface area contributed by atoms with E-state index in [9.17, 15) is 8.42 Å². The average molecular weight is 401 g/mol. The Hall–Kier alpha value is -3.33. The van der Waals surface area contributed by atoms with Gasteiger partial charge in [-0.2, -0.15) is 0 Å². The van der Waals surface area contributed by atoms with Crippen LogP contribution in [0.4, 0.5) is 5.95 Å². The van der Waals surface area contributed by atoms with E-state index >= 15 is 0 Å². The number of hydrogen-bond donors (Lipinski definition) is 2. The lowest BCUT2D eigenvalue weighted by Crippen LogP contribution is -2.13. The van der Waals surface area contributed by atoms with Crippen molar-refractivity contribution in [1.29, 1.82) is 0 Å². The highest BCUT2D eigenvalue weighted by molar-refractivity contribution is 7.92. The summed E-state index contributed by atoms with van der Waals surface area (Å²) < 4.78 is 24.6. The Kier molecular flexibility index (Phi) is 4.31. The number of anilines is 1. The molecule has 3 heterocycles. The van der Waals surface area contributed by atoms with Crippen LogP contribution < -0.4 is 5.73 Å². The van der Waals surface area contributed by atoms with Gasteiger partial charge >= 0.3 is 0 Å². The second-order valence-electron chi connectivity index (χ2n) is 6.60. The van der Waals surface area contributed by atoms with Gasteiger partial charge in [-0.05, 0) is 26.0 Å². The maximum Gasteiger partial charge on any atom is 0.219 e. The van der Waals surface area contributed by atoms with Crippen LogP contribution in [0.2, 0.25) is 0 Å². The van der Waals surface area contributed by atoms with Gasteiger partial charge in [-0.1, -0.05) is 12.1 Å². The minimum atomic E-state index is -3.31. The quantitative estimate of drug-likeness (QED) is 0.536. The first-order chi connectivity index (χ1) is 13.4. The number of nitrogens with zero attached hydrogens (tertiary/aromatic N) is 4. The lowest BCUT2D eigenvalue weighted by molar-refractivity contribution is 0.587. The zero-order valence-electron chi connectivity index (χ0n) is 15.3. The highest BCUT2D eigenvalue weighted by atomic mass is 32.2. The summed E-state index contributed by atoms with van der Waals surface area (Å²) in [4.78, 5) is 20.5. The van der Waals surface area contributed by atoms with E-state index in [1.165, 1.54) is 0 Å². The number of rotatable bonds is 4. The van der Waals surface area contributed by atoms with Gasteiger partial charge < -0.3 is 10.7 Å². The highest BCUT2D eigenvalue weighted by Gasteiger charge is 2.19. The molecule has 28 heavy (non-hydrogen) atoms. The molecular weight excluding hydrogens is 376 g/mol. The molecule has 4 aromatic rings. The Morgan fingerprint density at radius 2 is 1.68 bits per heavy atom. The van der Waals surface area contributed by atoms with E-state index in [1.54, 1.807) is 62.9 Å². The van der Waals surface area contributed by atoms with Gasteiger partial charge in [-0.25, -0.2) is 28.4 Å². The van der Waals surface area contributed by atoms with Gasteiger partial charge in [-0.15, -0.1) is 0 Å². The zero-order chi connectivity index (χ0) is 19.9. The Labute approximate surface area is 166 Å². The number of fused-ring (bicyclic) bond motifs is 1. The second kappa shape index (κ2) is 6.68. The predicted molar refractivity (Wildman–Crippen MR) is 113 cm³/mol. The van der Waals surface area contributed by atoms with Gasteiger partial charge in [-0.3, -0.25) is 0 Å². The zero-order valence-corrected chi connectivity index (χ0v) is 16.1. The first-order valence-corrected chi connectivity index (χ1v) is 10.2. The van der Waals surface area contributed by atoms with Crippen LogP contribution in [0.15, 0.2) is 53.9 Å². The minimum absolute atomic E-state index is 0. The third-order valence-electron chi connectivity index (χ3n) is 4.46. The van der Waals surface area contributed by atoms with Gasteiger partial charge in [0.05, 0.1) is 22.0 Å². The van der Waals surface area contributed by atoms with Crippen LogP contribution in [-0.4, -0.2) is 38.6 Å². The van der Waals surface area contributed by atoms with Crippen molar-refractivity contribution >= 4 is 26.9 Å². The Balaban J connectivity index is 0.00000160. The van der Waals surface area contributed by atoms with E-state index < -0.39 is 15.1 Å². The fourth-order valence-corrected chi connectivity index (χ4v) is 3.87. The molecule has 3 aromatic heterocycles. The van der Waals surface area contributed by atoms with Crippen molar-refractivity contribution in [3.63, 3.8) is 0 Å². The van der Waals surface area contributed by atoms with E-state index in [2.05, 4.69) is 19.9 Å². The summed E-state index contributed by atoms with van der Waals surface area (Å²) in [6.07, 6.45) is 6.70. The first-order valence-electron chi connectivity index (χ1n) is 8.62. The molecule has 0 bridgehead atoms. The summed E-state index contributed by atoms with van der Waals surface area (Å²) in [7, 11) is -3.31. The standard InChI is InChI=1S/C19H18N6O2S.3H2/c1-11(2)28(26,27)14-5-3-12(4-6-14)16-10-22-18-17(25-16)15(9-21-18)13-7-23-19(20)24-8-13;;;/h3-11H,1-2H3,(H,21,22)(H2,20,23,24);3*1H.